The molecule has 0 bridgehead atoms. The van der Waals surface area contributed by atoms with Gasteiger partial charge >= 0.3 is 0 Å². The molecule has 3 aromatic rings. The Hall–Kier alpha value is -4.11. The maximum absolute atomic E-state index is 6.96. The van der Waals surface area contributed by atoms with E-state index in [1.165, 1.54) is 22.4 Å². The highest BCUT2D eigenvalue weighted by Crippen LogP contribution is 2.42. The summed E-state index contributed by atoms with van der Waals surface area (Å²) in [5.74, 6) is 0.884. The minimum absolute atomic E-state index is 0.00187. The van der Waals surface area contributed by atoms with Gasteiger partial charge in [-0.2, -0.15) is 0 Å². The van der Waals surface area contributed by atoms with Gasteiger partial charge in [-0.05, 0) is 106 Å². The van der Waals surface area contributed by atoms with E-state index in [4.69, 9.17) is 9.72 Å². The first-order valence-corrected chi connectivity index (χ1v) is 16.0. The average Bonchev–Trinajstić information content (AvgIpc) is 3.16. The topological polar surface area (TPSA) is 27.1 Å². The molecule has 0 aliphatic heterocycles. The fraction of sp³-hybridized carbons (Fsp3) is 0.341. The molecule has 1 aliphatic rings. The molecule has 2 heterocycles. The third-order valence-corrected chi connectivity index (χ3v) is 8.50. The second kappa shape index (κ2) is 13.7. The Labute approximate surface area is 266 Å². The Morgan fingerprint density at radius 1 is 0.932 bits per heavy atom. The molecule has 0 N–H and O–H groups in total. The van der Waals surface area contributed by atoms with E-state index in [0.717, 1.165) is 58.8 Å². The Kier molecular flexibility index (Phi) is 10.2. The smallest absolute Gasteiger partial charge is 0.137 e. The summed E-state index contributed by atoms with van der Waals surface area (Å²) in [6, 6.07) is 15.0. The van der Waals surface area contributed by atoms with Crippen LogP contribution in [0.1, 0.15) is 109 Å². The summed E-state index contributed by atoms with van der Waals surface area (Å²) >= 11 is 0. The Bertz CT molecular complexity index is 1630. The zero-order valence-corrected chi connectivity index (χ0v) is 28.3. The minimum atomic E-state index is -0.347. The third-order valence-electron chi connectivity index (χ3n) is 8.50. The van der Waals surface area contributed by atoms with Gasteiger partial charge in [0.15, 0.2) is 0 Å². The summed E-state index contributed by atoms with van der Waals surface area (Å²) in [5.41, 5.74) is 11.1. The van der Waals surface area contributed by atoms with Crippen molar-refractivity contribution in [1.82, 2.24) is 9.55 Å². The van der Waals surface area contributed by atoms with Gasteiger partial charge in [-0.25, -0.2) is 0 Å². The fourth-order valence-electron chi connectivity index (χ4n) is 5.69. The molecule has 0 radical (unpaired) electrons. The van der Waals surface area contributed by atoms with E-state index in [0.29, 0.717) is 0 Å². The Morgan fingerprint density at radius 3 is 2.16 bits per heavy atom. The standard InChI is InChI=1S/C41H50N2O/c1-11-18-37-32(13-3)33(14-4)38(19-12-2)43(37)31-24-21-29(22-25-31)34-26-23-30(40(6,7)8)28-35(36-20-16-17-27-42-36)39(34)44-41(9,10)15-5/h11-13,16-22,24-28H,3,14-15,23H2,1-2,4-10H3/b18-11-,19-12-. The largest absolute Gasteiger partial charge is 0.487 e. The van der Waals surface area contributed by atoms with Crippen LogP contribution in [0.25, 0.3) is 35.1 Å². The molecule has 1 aromatic carbocycles. The predicted octanol–water partition coefficient (Wildman–Crippen LogP) is 11.5. The van der Waals surface area contributed by atoms with Crippen molar-refractivity contribution >= 4 is 29.4 Å². The molecule has 44 heavy (non-hydrogen) atoms. The first kappa shape index (κ1) is 32.8. The summed E-state index contributed by atoms with van der Waals surface area (Å²) in [6.45, 7) is 23.9. The van der Waals surface area contributed by atoms with Crippen LogP contribution >= 0.6 is 0 Å². The molecule has 0 fully saturated rings. The van der Waals surface area contributed by atoms with Crippen molar-refractivity contribution in [2.75, 3.05) is 0 Å². The van der Waals surface area contributed by atoms with E-state index in [-0.39, 0.29) is 11.0 Å². The SMILES string of the molecule is C=Cc1c(CC)c(/C=C\C)n(-c2ccc(C3=CCC(C(C)(C)C)=CC(c4ccccn4)=C3OC(C)(C)CC)cc2)c1/C=C\C. The van der Waals surface area contributed by atoms with Crippen LogP contribution < -0.4 is 0 Å². The molecule has 2 aromatic heterocycles. The number of pyridine rings is 1. The molecular weight excluding hydrogens is 536 g/mol. The van der Waals surface area contributed by atoms with E-state index >= 15 is 0 Å². The number of nitrogens with zero attached hydrogens (tertiary/aromatic N) is 2. The lowest BCUT2D eigenvalue weighted by Gasteiger charge is -2.29. The molecule has 0 amide bonds. The van der Waals surface area contributed by atoms with Gasteiger partial charge in [0.1, 0.15) is 11.4 Å². The van der Waals surface area contributed by atoms with Gasteiger partial charge in [0.05, 0.1) is 11.4 Å². The van der Waals surface area contributed by atoms with Crippen molar-refractivity contribution < 1.29 is 4.74 Å². The first-order valence-electron chi connectivity index (χ1n) is 16.0. The Morgan fingerprint density at radius 2 is 1.61 bits per heavy atom. The number of hydrogen-bond acceptors (Lipinski definition) is 2. The molecule has 4 rings (SSSR count). The lowest BCUT2D eigenvalue weighted by atomic mass is 9.83. The highest BCUT2D eigenvalue weighted by molar-refractivity contribution is 5.92. The molecule has 0 atom stereocenters. The maximum Gasteiger partial charge on any atom is 0.137 e. The highest BCUT2D eigenvalue weighted by atomic mass is 16.5. The Balaban J connectivity index is 1.96. The van der Waals surface area contributed by atoms with Crippen molar-refractivity contribution in [2.45, 2.75) is 87.2 Å². The van der Waals surface area contributed by atoms with E-state index in [2.05, 4.69) is 146 Å². The van der Waals surface area contributed by atoms with E-state index in [9.17, 15) is 0 Å². The van der Waals surface area contributed by atoms with Gasteiger partial charge < -0.3 is 9.30 Å². The van der Waals surface area contributed by atoms with Crippen LogP contribution in [0.3, 0.4) is 0 Å². The molecule has 230 valence electrons. The highest BCUT2D eigenvalue weighted by Gasteiger charge is 2.28. The minimum Gasteiger partial charge on any atom is -0.487 e. The van der Waals surface area contributed by atoms with Crippen LogP contribution in [0.5, 0.6) is 0 Å². The number of allylic oxidation sites excluding steroid dienone is 7. The van der Waals surface area contributed by atoms with Crippen LogP contribution in [-0.2, 0) is 11.2 Å². The van der Waals surface area contributed by atoms with Gasteiger partial charge in [-0.1, -0.05) is 89.3 Å². The fourth-order valence-corrected chi connectivity index (χ4v) is 5.69. The molecule has 3 nitrogen and oxygen atoms in total. The van der Waals surface area contributed by atoms with Crippen LogP contribution in [0.15, 0.2) is 90.9 Å². The summed E-state index contributed by atoms with van der Waals surface area (Å²) in [7, 11) is 0. The van der Waals surface area contributed by atoms with Gasteiger partial charge in [0.2, 0.25) is 0 Å². The van der Waals surface area contributed by atoms with Crippen LogP contribution in [0.2, 0.25) is 0 Å². The summed E-state index contributed by atoms with van der Waals surface area (Å²) in [5, 5.41) is 0. The van der Waals surface area contributed by atoms with Gasteiger partial charge in [-0.15, -0.1) is 0 Å². The quantitative estimate of drug-likeness (QED) is 0.236. The van der Waals surface area contributed by atoms with Crippen molar-refractivity contribution in [3.63, 3.8) is 0 Å². The molecular formula is C41H50N2O. The number of aromatic nitrogens is 2. The molecule has 0 spiro atoms. The molecule has 0 saturated carbocycles. The van der Waals surface area contributed by atoms with Crippen molar-refractivity contribution in [3.05, 3.63) is 125 Å². The van der Waals surface area contributed by atoms with E-state index in [1.807, 2.05) is 18.3 Å². The predicted molar refractivity (Wildman–Crippen MR) is 191 cm³/mol. The van der Waals surface area contributed by atoms with Gasteiger partial charge in [-0.3, -0.25) is 4.98 Å². The average molecular weight is 587 g/mol. The molecule has 0 saturated heterocycles. The normalized spacial score (nSPS) is 14.7. The zero-order valence-electron chi connectivity index (χ0n) is 28.3. The van der Waals surface area contributed by atoms with Crippen molar-refractivity contribution in [3.8, 4) is 5.69 Å². The van der Waals surface area contributed by atoms with Crippen LogP contribution in [0.4, 0.5) is 0 Å². The van der Waals surface area contributed by atoms with Gasteiger partial charge in [0, 0.05) is 34.3 Å². The van der Waals surface area contributed by atoms with Crippen molar-refractivity contribution in [2.24, 2.45) is 5.41 Å². The van der Waals surface area contributed by atoms with Crippen molar-refractivity contribution in [1.29, 1.82) is 0 Å². The monoisotopic (exact) mass is 586 g/mol. The number of rotatable bonds is 10. The number of benzene rings is 1. The first-order chi connectivity index (χ1) is 21.0. The number of hydrogen-bond donors (Lipinski definition) is 0. The van der Waals surface area contributed by atoms with Gasteiger partial charge in [0.25, 0.3) is 0 Å². The second-order valence-electron chi connectivity index (χ2n) is 13.0. The third kappa shape index (κ3) is 6.83. The summed E-state index contributed by atoms with van der Waals surface area (Å²) < 4.78 is 9.31. The molecule has 0 unspecified atom stereocenters. The summed E-state index contributed by atoms with van der Waals surface area (Å²) in [4.78, 5) is 4.80. The zero-order chi connectivity index (χ0) is 32.1. The lowest BCUT2D eigenvalue weighted by molar-refractivity contribution is 0.0419. The summed E-state index contributed by atoms with van der Waals surface area (Å²) in [6.07, 6.45) is 19.8. The van der Waals surface area contributed by atoms with Crippen LogP contribution in [-0.4, -0.2) is 15.2 Å². The molecule has 1 aliphatic carbocycles. The van der Waals surface area contributed by atoms with E-state index < -0.39 is 0 Å². The maximum atomic E-state index is 6.96. The second-order valence-corrected chi connectivity index (χ2v) is 13.0. The van der Waals surface area contributed by atoms with E-state index in [1.54, 1.807) is 0 Å². The number of ether oxygens (including phenoxy) is 1. The van der Waals surface area contributed by atoms with Crippen LogP contribution in [0, 0.1) is 5.41 Å². The lowest BCUT2D eigenvalue weighted by Crippen LogP contribution is -2.23. The molecule has 3 heteroatoms.